The van der Waals surface area contributed by atoms with Gasteiger partial charge in [-0.1, -0.05) is 19.3 Å². The molecule has 5 aliphatic rings. The second-order valence-corrected chi connectivity index (χ2v) is 9.74. The van der Waals surface area contributed by atoms with Crippen molar-refractivity contribution in [3.63, 3.8) is 0 Å². The number of hydrogen-bond donors (Lipinski definition) is 0. The fraction of sp³-hybridized carbons (Fsp3) is 0.824. The summed E-state index contributed by atoms with van der Waals surface area (Å²) in [4.78, 5) is 2.78. The highest BCUT2D eigenvalue weighted by Crippen LogP contribution is 2.47. The summed E-state index contributed by atoms with van der Waals surface area (Å²) in [6, 6.07) is 1.70. The molecule has 0 N–H and O–H groups in total. The van der Waals surface area contributed by atoms with E-state index < -0.39 is 0 Å². The molecule has 0 amide bonds. The Balaban J connectivity index is 1.45. The standard InChI is InChI=1S/C17H25N2S2/c1-3-7-14-12(5-1)18-9-10-19-13-6-2-4-8-15(13)21-17(19)11-16(18)20-14/h11-15H,1-10H2/q+1. The van der Waals surface area contributed by atoms with Gasteiger partial charge in [0.15, 0.2) is 12.6 Å². The maximum absolute atomic E-state index is 2.78. The summed E-state index contributed by atoms with van der Waals surface area (Å²) in [5.74, 6) is 0. The predicted molar refractivity (Wildman–Crippen MR) is 92.2 cm³/mol. The lowest BCUT2D eigenvalue weighted by atomic mass is 9.93. The zero-order chi connectivity index (χ0) is 13.8. The number of fused-ring (bicyclic) bond motifs is 5. The zero-order valence-electron chi connectivity index (χ0n) is 12.7. The van der Waals surface area contributed by atoms with E-state index >= 15 is 0 Å². The Morgan fingerprint density at radius 1 is 0.952 bits per heavy atom. The molecule has 3 heterocycles. The van der Waals surface area contributed by atoms with Crippen molar-refractivity contribution in [2.24, 2.45) is 0 Å². The maximum Gasteiger partial charge on any atom is 0.238 e. The number of thioether (sulfide) groups is 2. The van der Waals surface area contributed by atoms with Crippen LogP contribution in [0.3, 0.4) is 0 Å². The van der Waals surface area contributed by atoms with Gasteiger partial charge in [-0.2, -0.15) is 0 Å². The first-order valence-electron chi connectivity index (χ1n) is 8.85. The van der Waals surface area contributed by atoms with Gasteiger partial charge in [-0.15, -0.1) is 11.8 Å². The molecule has 0 radical (unpaired) electrons. The van der Waals surface area contributed by atoms with E-state index in [1.807, 2.05) is 0 Å². The third-order valence-corrected chi connectivity index (χ3v) is 8.97. The van der Waals surface area contributed by atoms with Crippen molar-refractivity contribution in [1.29, 1.82) is 0 Å². The molecular weight excluding hydrogens is 296 g/mol. The van der Waals surface area contributed by atoms with E-state index in [0.717, 1.165) is 22.6 Å². The molecule has 4 unspecified atom stereocenters. The Bertz CT molecular complexity index is 513. The quantitative estimate of drug-likeness (QED) is 0.629. The fourth-order valence-electron chi connectivity index (χ4n) is 5.02. The maximum atomic E-state index is 2.78. The van der Waals surface area contributed by atoms with Crippen molar-refractivity contribution in [3.8, 4) is 0 Å². The number of rotatable bonds is 0. The molecule has 0 spiro atoms. The Morgan fingerprint density at radius 3 is 2.71 bits per heavy atom. The number of hydrogen-bond acceptors (Lipinski definition) is 3. The van der Waals surface area contributed by atoms with E-state index in [9.17, 15) is 0 Å². The molecule has 3 aliphatic heterocycles. The van der Waals surface area contributed by atoms with Gasteiger partial charge in [-0.3, -0.25) is 0 Å². The van der Waals surface area contributed by atoms with Crippen LogP contribution in [0.25, 0.3) is 0 Å². The lowest BCUT2D eigenvalue weighted by Crippen LogP contribution is -2.41. The van der Waals surface area contributed by atoms with E-state index in [0.29, 0.717) is 0 Å². The molecule has 5 rings (SSSR count). The highest BCUT2D eigenvalue weighted by atomic mass is 32.2. The van der Waals surface area contributed by atoms with Crippen molar-refractivity contribution in [2.75, 3.05) is 13.1 Å². The molecule has 21 heavy (non-hydrogen) atoms. The van der Waals surface area contributed by atoms with Crippen molar-refractivity contribution >= 4 is 28.6 Å². The van der Waals surface area contributed by atoms with Gasteiger partial charge in [0.05, 0.1) is 16.8 Å². The Morgan fingerprint density at radius 2 is 1.76 bits per heavy atom. The fourth-order valence-corrected chi connectivity index (χ4v) is 8.25. The van der Waals surface area contributed by atoms with Crippen molar-refractivity contribution in [2.45, 2.75) is 74.0 Å². The van der Waals surface area contributed by atoms with Crippen molar-refractivity contribution < 1.29 is 4.58 Å². The van der Waals surface area contributed by atoms with Gasteiger partial charge in [0.2, 0.25) is 5.04 Å². The van der Waals surface area contributed by atoms with Gasteiger partial charge in [-0.25, -0.2) is 4.58 Å². The highest BCUT2D eigenvalue weighted by Gasteiger charge is 2.47. The summed E-state index contributed by atoms with van der Waals surface area (Å²) in [5.41, 5.74) is 0. The van der Waals surface area contributed by atoms with Gasteiger partial charge in [0, 0.05) is 23.8 Å². The Hall–Kier alpha value is -0.0900. The van der Waals surface area contributed by atoms with Crippen LogP contribution < -0.4 is 0 Å². The average Bonchev–Trinajstić information content (AvgIpc) is 2.98. The van der Waals surface area contributed by atoms with Crippen LogP contribution in [0.4, 0.5) is 0 Å². The summed E-state index contributed by atoms with van der Waals surface area (Å²) in [5, 5.41) is 5.00. The molecule has 114 valence electrons. The van der Waals surface area contributed by atoms with E-state index in [-0.39, 0.29) is 0 Å². The molecule has 2 saturated carbocycles. The molecule has 4 heteroatoms. The minimum absolute atomic E-state index is 0.850. The molecule has 2 nitrogen and oxygen atoms in total. The van der Waals surface area contributed by atoms with Crippen molar-refractivity contribution in [3.05, 3.63) is 11.1 Å². The molecule has 0 bridgehead atoms. The van der Waals surface area contributed by atoms with E-state index in [1.54, 1.807) is 10.1 Å². The molecule has 0 aromatic rings. The van der Waals surface area contributed by atoms with Gasteiger partial charge in [0.1, 0.15) is 0 Å². The average molecular weight is 322 g/mol. The summed E-state index contributed by atoms with van der Waals surface area (Å²) in [6.07, 6.45) is 14.1. The van der Waals surface area contributed by atoms with Gasteiger partial charge in [-0.05, 0) is 37.4 Å². The molecule has 0 aromatic heterocycles. The first kappa shape index (κ1) is 13.4. The van der Waals surface area contributed by atoms with Crippen LogP contribution in [0.1, 0.15) is 51.4 Å². The Labute approximate surface area is 136 Å². The normalized spacial score (nSPS) is 41.9. The van der Waals surface area contributed by atoms with Gasteiger partial charge in [0.25, 0.3) is 0 Å². The third kappa shape index (κ3) is 2.12. The van der Waals surface area contributed by atoms with E-state index in [1.165, 1.54) is 64.5 Å². The van der Waals surface area contributed by atoms with E-state index in [2.05, 4.69) is 39.1 Å². The van der Waals surface area contributed by atoms with Gasteiger partial charge >= 0.3 is 0 Å². The largest absolute Gasteiger partial charge is 0.356 e. The van der Waals surface area contributed by atoms with Crippen LogP contribution in [-0.2, 0) is 0 Å². The monoisotopic (exact) mass is 321 g/mol. The first-order chi connectivity index (χ1) is 10.4. The molecule has 2 aliphatic carbocycles. The van der Waals surface area contributed by atoms with Crippen LogP contribution in [0.15, 0.2) is 11.1 Å². The molecular formula is C17H25N2S2+. The molecule has 3 fully saturated rings. The topological polar surface area (TPSA) is 6.25 Å². The molecule has 4 atom stereocenters. The van der Waals surface area contributed by atoms with Crippen LogP contribution in [-0.4, -0.2) is 50.2 Å². The summed E-state index contributed by atoms with van der Waals surface area (Å²) >= 11 is 4.40. The van der Waals surface area contributed by atoms with Crippen molar-refractivity contribution in [1.82, 2.24) is 4.90 Å². The third-order valence-electron chi connectivity index (χ3n) is 6.08. The minimum atomic E-state index is 0.850. The summed E-state index contributed by atoms with van der Waals surface area (Å²) < 4.78 is 2.78. The van der Waals surface area contributed by atoms with Crippen LogP contribution in [0.5, 0.6) is 0 Å². The summed E-state index contributed by atoms with van der Waals surface area (Å²) in [7, 11) is 0. The van der Waals surface area contributed by atoms with E-state index in [4.69, 9.17) is 0 Å². The predicted octanol–water partition coefficient (Wildman–Crippen LogP) is 3.67. The smallest absolute Gasteiger partial charge is 0.238 e. The highest BCUT2D eigenvalue weighted by molar-refractivity contribution is 8.15. The zero-order valence-corrected chi connectivity index (χ0v) is 14.3. The second kappa shape index (κ2) is 5.23. The summed E-state index contributed by atoms with van der Waals surface area (Å²) in [6.45, 7) is 2.54. The lowest BCUT2D eigenvalue weighted by Gasteiger charge is -2.31. The van der Waals surface area contributed by atoms with Gasteiger partial charge < -0.3 is 4.90 Å². The first-order valence-corrected chi connectivity index (χ1v) is 10.6. The SMILES string of the molecule is C1=C2SC3CCCCC3N2CC[N+]2=C1SC1CCCCC12. The van der Waals surface area contributed by atoms with Crippen LogP contribution in [0, 0.1) is 0 Å². The molecule has 0 aromatic carbocycles. The number of nitrogens with zero attached hydrogens (tertiary/aromatic N) is 2. The lowest BCUT2D eigenvalue weighted by molar-refractivity contribution is -0.561. The minimum Gasteiger partial charge on any atom is -0.356 e. The molecule has 1 saturated heterocycles. The van der Waals surface area contributed by atoms with Crippen LogP contribution in [0.2, 0.25) is 0 Å². The second-order valence-electron chi connectivity index (χ2n) is 7.22. The Kier molecular flexibility index (Phi) is 3.32. The van der Waals surface area contributed by atoms with Crippen LogP contribution >= 0.6 is 23.5 Å².